The van der Waals surface area contributed by atoms with Gasteiger partial charge in [-0.25, -0.2) is 0 Å². The molecule has 0 saturated carbocycles. The quantitative estimate of drug-likeness (QED) is 0.451. The van der Waals surface area contributed by atoms with Gasteiger partial charge in [0.25, 0.3) is 0 Å². The van der Waals surface area contributed by atoms with Crippen molar-refractivity contribution >= 4 is 11.6 Å². The monoisotopic (exact) mass is 320 g/mol. The molecule has 0 unspecified atom stereocenters. The first kappa shape index (κ1) is 17.4. The van der Waals surface area contributed by atoms with Crippen molar-refractivity contribution in [3.05, 3.63) is 18.2 Å². The van der Waals surface area contributed by atoms with Crippen LogP contribution in [0.3, 0.4) is 0 Å². The Morgan fingerprint density at radius 3 is 2.57 bits per heavy atom. The molecule has 0 amide bonds. The highest BCUT2D eigenvalue weighted by Gasteiger charge is 2.11. The van der Waals surface area contributed by atoms with Gasteiger partial charge in [0.1, 0.15) is 0 Å². The number of nitrogens with one attached hydrogen (secondary N) is 3. The fourth-order valence-electron chi connectivity index (χ4n) is 2.18. The Kier molecular flexibility index (Phi) is 6.10. The van der Waals surface area contributed by atoms with Crippen LogP contribution in [0, 0.1) is 0 Å². The molecule has 23 heavy (non-hydrogen) atoms. The summed E-state index contributed by atoms with van der Waals surface area (Å²) in [6.07, 6.45) is 0.904. The van der Waals surface area contributed by atoms with E-state index >= 15 is 0 Å². The molecule has 0 aliphatic carbocycles. The number of ether oxygens (including phenoxy) is 2. The average Bonchev–Trinajstić information content (AvgIpc) is 2.74. The van der Waals surface area contributed by atoms with Gasteiger partial charge in [0.15, 0.2) is 17.5 Å². The lowest BCUT2D eigenvalue weighted by atomic mass is 10.1. The van der Waals surface area contributed by atoms with E-state index in [1.54, 1.807) is 7.05 Å². The van der Waals surface area contributed by atoms with Gasteiger partial charge in [-0.15, -0.1) is 0 Å². The zero-order valence-electron chi connectivity index (χ0n) is 14.5. The molecule has 6 heteroatoms. The van der Waals surface area contributed by atoms with Crippen LogP contribution >= 0.6 is 0 Å². The fraction of sp³-hybridized carbons (Fsp3) is 0.588. The van der Waals surface area contributed by atoms with Gasteiger partial charge in [0, 0.05) is 43.9 Å². The zero-order chi connectivity index (χ0) is 16.7. The first-order valence-electron chi connectivity index (χ1n) is 8.10. The molecular weight excluding hydrogens is 292 g/mol. The van der Waals surface area contributed by atoms with Gasteiger partial charge < -0.3 is 25.4 Å². The summed E-state index contributed by atoms with van der Waals surface area (Å²) in [7, 11) is 1.76. The number of anilines is 1. The van der Waals surface area contributed by atoms with Crippen molar-refractivity contribution in [2.24, 2.45) is 4.99 Å². The van der Waals surface area contributed by atoms with E-state index in [-0.39, 0.29) is 5.54 Å². The minimum Gasteiger partial charge on any atom is -0.490 e. The predicted molar refractivity (Wildman–Crippen MR) is 94.8 cm³/mol. The van der Waals surface area contributed by atoms with E-state index in [9.17, 15) is 0 Å². The maximum atomic E-state index is 5.71. The summed E-state index contributed by atoms with van der Waals surface area (Å²) in [5, 5.41) is 9.99. The van der Waals surface area contributed by atoms with Crippen molar-refractivity contribution in [3.63, 3.8) is 0 Å². The Morgan fingerprint density at radius 1 is 1.13 bits per heavy atom. The first-order valence-corrected chi connectivity index (χ1v) is 8.10. The maximum Gasteiger partial charge on any atom is 0.195 e. The number of guanidine groups is 1. The van der Waals surface area contributed by atoms with E-state index in [2.05, 4.69) is 41.7 Å². The van der Waals surface area contributed by atoms with Crippen LogP contribution < -0.4 is 25.4 Å². The van der Waals surface area contributed by atoms with E-state index in [0.717, 1.165) is 42.7 Å². The van der Waals surface area contributed by atoms with Gasteiger partial charge in [-0.3, -0.25) is 4.99 Å². The average molecular weight is 320 g/mol. The van der Waals surface area contributed by atoms with Gasteiger partial charge in [0.2, 0.25) is 0 Å². The molecule has 3 N–H and O–H groups in total. The summed E-state index contributed by atoms with van der Waals surface area (Å²) in [6, 6.07) is 5.84. The zero-order valence-corrected chi connectivity index (χ0v) is 14.5. The van der Waals surface area contributed by atoms with Crippen molar-refractivity contribution in [2.45, 2.75) is 32.7 Å². The fourth-order valence-corrected chi connectivity index (χ4v) is 2.18. The minimum atomic E-state index is 0.118. The molecule has 0 radical (unpaired) electrons. The molecule has 0 saturated heterocycles. The molecule has 1 heterocycles. The van der Waals surface area contributed by atoms with Crippen LogP contribution in [0.5, 0.6) is 11.5 Å². The summed E-state index contributed by atoms with van der Waals surface area (Å²) >= 11 is 0. The molecule has 0 aromatic heterocycles. The Hall–Kier alpha value is -1.95. The van der Waals surface area contributed by atoms with Gasteiger partial charge in [-0.05, 0) is 32.9 Å². The Morgan fingerprint density at radius 2 is 1.87 bits per heavy atom. The molecule has 0 fully saturated rings. The molecule has 1 aromatic rings. The summed E-state index contributed by atoms with van der Waals surface area (Å²) in [5.41, 5.74) is 1.04. The van der Waals surface area contributed by atoms with Crippen molar-refractivity contribution < 1.29 is 9.47 Å². The molecule has 2 rings (SSSR count). The third-order valence-corrected chi connectivity index (χ3v) is 3.31. The second-order valence-corrected chi connectivity index (χ2v) is 6.51. The van der Waals surface area contributed by atoms with Gasteiger partial charge in [-0.1, -0.05) is 0 Å². The highest BCUT2D eigenvalue weighted by Crippen LogP contribution is 2.32. The van der Waals surface area contributed by atoms with E-state index in [1.165, 1.54) is 0 Å². The molecular formula is C17H28N4O2. The minimum absolute atomic E-state index is 0.118. The third-order valence-electron chi connectivity index (χ3n) is 3.31. The van der Waals surface area contributed by atoms with Gasteiger partial charge >= 0.3 is 0 Å². The van der Waals surface area contributed by atoms with Gasteiger partial charge in [0.05, 0.1) is 13.2 Å². The van der Waals surface area contributed by atoms with E-state index < -0.39 is 0 Å². The molecule has 1 aromatic carbocycles. The normalized spacial score (nSPS) is 15.0. The van der Waals surface area contributed by atoms with Crippen LogP contribution in [0.2, 0.25) is 0 Å². The number of rotatable bonds is 4. The molecule has 6 nitrogen and oxygen atoms in total. The molecule has 1 aliphatic heterocycles. The van der Waals surface area contributed by atoms with Crippen LogP contribution in [0.25, 0.3) is 0 Å². The Bertz CT molecular complexity index is 538. The van der Waals surface area contributed by atoms with Crippen LogP contribution in [-0.4, -0.2) is 44.8 Å². The van der Waals surface area contributed by atoms with Crippen LogP contribution in [0.1, 0.15) is 27.2 Å². The lowest BCUT2D eigenvalue weighted by Crippen LogP contribution is -2.42. The summed E-state index contributed by atoms with van der Waals surface area (Å²) in [5.74, 6) is 2.30. The second kappa shape index (κ2) is 8.06. The molecule has 0 bridgehead atoms. The number of fused-ring (bicyclic) bond motifs is 1. The van der Waals surface area contributed by atoms with E-state index in [1.807, 2.05) is 18.2 Å². The van der Waals surface area contributed by atoms with Gasteiger partial charge in [-0.2, -0.15) is 0 Å². The lowest BCUT2D eigenvalue weighted by molar-refractivity contribution is 0.297. The number of benzene rings is 1. The van der Waals surface area contributed by atoms with Crippen molar-refractivity contribution in [1.82, 2.24) is 10.6 Å². The smallest absolute Gasteiger partial charge is 0.195 e. The van der Waals surface area contributed by atoms with Crippen LogP contribution in [-0.2, 0) is 0 Å². The SMILES string of the molecule is CN=C(NCCNC(C)(C)C)Nc1ccc2c(c1)OCCCO2. The number of hydrogen-bond acceptors (Lipinski definition) is 4. The summed E-state index contributed by atoms with van der Waals surface area (Å²) < 4.78 is 11.3. The maximum absolute atomic E-state index is 5.71. The number of nitrogens with zero attached hydrogens (tertiary/aromatic N) is 1. The predicted octanol–water partition coefficient (Wildman–Crippen LogP) is 2.22. The molecule has 1 aliphatic rings. The Balaban J connectivity index is 1.88. The number of hydrogen-bond donors (Lipinski definition) is 3. The molecule has 128 valence electrons. The van der Waals surface area contributed by atoms with Crippen LogP contribution in [0.4, 0.5) is 5.69 Å². The standard InChI is InChI=1S/C17H28N4O2/c1-17(2,3)20-9-8-19-16(18-4)21-13-6-7-14-15(12-13)23-11-5-10-22-14/h6-7,12,20H,5,8-11H2,1-4H3,(H2,18,19,21). The Labute approximate surface area is 138 Å². The molecule has 0 spiro atoms. The second-order valence-electron chi connectivity index (χ2n) is 6.51. The highest BCUT2D eigenvalue weighted by molar-refractivity contribution is 5.93. The van der Waals surface area contributed by atoms with Crippen molar-refractivity contribution in [1.29, 1.82) is 0 Å². The van der Waals surface area contributed by atoms with Crippen LogP contribution in [0.15, 0.2) is 23.2 Å². The van der Waals surface area contributed by atoms with E-state index in [0.29, 0.717) is 13.2 Å². The van der Waals surface area contributed by atoms with E-state index in [4.69, 9.17) is 9.47 Å². The van der Waals surface area contributed by atoms with Crippen molar-refractivity contribution in [2.75, 3.05) is 38.7 Å². The lowest BCUT2D eigenvalue weighted by Gasteiger charge is -2.21. The third kappa shape index (κ3) is 5.98. The highest BCUT2D eigenvalue weighted by atomic mass is 16.5. The first-order chi connectivity index (χ1) is 11.0. The summed E-state index contributed by atoms with van der Waals surface area (Å²) in [6.45, 7) is 9.49. The topological polar surface area (TPSA) is 66.9 Å². The molecule has 0 atom stereocenters. The summed E-state index contributed by atoms with van der Waals surface area (Å²) in [4.78, 5) is 4.24. The number of aliphatic imine (C=N–C) groups is 1. The largest absolute Gasteiger partial charge is 0.490 e. The van der Waals surface area contributed by atoms with Crippen molar-refractivity contribution in [3.8, 4) is 11.5 Å².